The molecule has 1 aromatic carbocycles. The Morgan fingerprint density at radius 1 is 1.32 bits per heavy atom. The van der Waals surface area contributed by atoms with Gasteiger partial charge in [-0.3, -0.25) is 9.69 Å². The van der Waals surface area contributed by atoms with Gasteiger partial charge in [-0.05, 0) is 52.1 Å². The number of aliphatic carboxylic acids is 1. The Kier molecular flexibility index (Phi) is 3.95. The highest BCUT2D eigenvalue weighted by Crippen LogP contribution is 2.35. The molecule has 0 radical (unpaired) electrons. The van der Waals surface area contributed by atoms with Gasteiger partial charge < -0.3 is 5.11 Å². The number of carboxylic acid groups (broad SMARTS) is 1. The minimum Gasteiger partial charge on any atom is -0.480 e. The number of aryl methyl sites for hydroxylation is 1. The van der Waals surface area contributed by atoms with E-state index in [9.17, 15) is 9.90 Å². The van der Waals surface area contributed by atoms with Crippen molar-refractivity contribution in [1.29, 1.82) is 0 Å². The van der Waals surface area contributed by atoms with Crippen LogP contribution in [0.25, 0.3) is 0 Å². The van der Waals surface area contributed by atoms with Crippen molar-refractivity contribution in [2.24, 2.45) is 0 Å². The van der Waals surface area contributed by atoms with Gasteiger partial charge in [-0.25, -0.2) is 0 Å². The van der Waals surface area contributed by atoms with E-state index in [1.807, 2.05) is 6.92 Å². The van der Waals surface area contributed by atoms with Crippen molar-refractivity contribution in [2.75, 3.05) is 6.54 Å². The second kappa shape index (κ2) is 5.33. The van der Waals surface area contributed by atoms with Crippen LogP contribution in [0, 0.1) is 6.92 Å². The molecule has 3 heteroatoms. The normalized spacial score (nSPS) is 26.1. The summed E-state index contributed by atoms with van der Waals surface area (Å²) in [5.74, 6) is -0.703. The molecule has 0 aliphatic carbocycles. The molecule has 2 atom stereocenters. The van der Waals surface area contributed by atoms with E-state index >= 15 is 0 Å². The molecule has 2 rings (SSSR count). The highest BCUT2D eigenvalue weighted by molar-refractivity contribution is 5.78. The highest BCUT2D eigenvalue weighted by atomic mass is 16.4. The zero-order valence-corrected chi connectivity index (χ0v) is 12.0. The molecular formula is C16H23NO2. The fourth-order valence-electron chi connectivity index (χ4n) is 3.02. The maximum atomic E-state index is 11.6. The fraction of sp³-hybridized carbons (Fsp3) is 0.562. The SMILES string of the molecule is Cc1ccc(C(C)N2CCCCC2(C)C(=O)O)cc1. The van der Waals surface area contributed by atoms with Crippen LogP contribution < -0.4 is 0 Å². The number of hydrogen-bond donors (Lipinski definition) is 1. The van der Waals surface area contributed by atoms with Crippen LogP contribution in [0.15, 0.2) is 24.3 Å². The zero-order chi connectivity index (χ0) is 14.0. The molecule has 1 aromatic rings. The smallest absolute Gasteiger partial charge is 0.323 e. The van der Waals surface area contributed by atoms with Crippen molar-refractivity contribution in [3.05, 3.63) is 35.4 Å². The average Bonchev–Trinajstić information content (AvgIpc) is 2.39. The van der Waals surface area contributed by atoms with Gasteiger partial charge in [0.25, 0.3) is 0 Å². The van der Waals surface area contributed by atoms with Crippen LogP contribution >= 0.6 is 0 Å². The Morgan fingerprint density at radius 2 is 1.95 bits per heavy atom. The molecule has 0 spiro atoms. The van der Waals surface area contributed by atoms with E-state index < -0.39 is 11.5 Å². The highest BCUT2D eigenvalue weighted by Gasteiger charge is 2.43. The van der Waals surface area contributed by atoms with Gasteiger partial charge in [-0.15, -0.1) is 0 Å². The average molecular weight is 261 g/mol. The second-order valence-electron chi connectivity index (χ2n) is 5.82. The summed E-state index contributed by atoms with van der Waals surface area (Å²) in [6.45, 7) is 6.89. The molecule has 0 bridgehead atoms. The van der Waals surface area contributed by atoms with Gasteiger partial charge in [-0.1, -0.05) is 29.8 Å². The van der Waals surface area contributed by atoms with E-state index in [4.69, 9.17) is 0 Å². The molecule has 0 aromatic heterocycles. The molecule has 3 nitrogen and oxygen atoms in total. The lowest BCUT2D eigenvalue weighted by molar-refractivity contribution is -0.155. The third kappa shape index (κ3) is 2.66. The molecule has 1 aliphatic heterocycles. The Morgan fingerprint density at radius 3 is 2.53 bits per heavy atom. The lowest BCUT2D eigenvalue weighted by atomic mass is 9.86. The molecular weight excluding hydrogens is 238 g/mol. The predicted octanol–water partition coefficient (Wildman–Crippen LogP) is 3.39. The maximum absolute atomic E-state index is 11.6. The zero-order valence-electron chi connectivity index (χ0n) is 12.0. The monoisotopic (exact) mass is 261 g/mol. The summed E-state index contributed by atoms with van der Waals surface area (Å²) in [5.41, 5.74) is 1.69. The van der Waals surface area contributed by atoms with Crippen molar-refractivity contribution in [3.63, 3.8) is 0 Å². The minimum atomic E-state index is -0.734. The third-order valence-electron chi connectivity index (χ3n) is 4.43. The number of carbonyl (C=O) groups is 1. The Balaban J connectivity index is 2.27. The van der Waals surface area contributed by atoms with Gasteiger partial charge in [0, 0.05) is 6.04 Å². The standard InChI is InChI=1S/C16H23NO2/c1-12-6-8-14(9-7-12)13(2)17-11-5-4-10-16(17,3)15(18)19/h6-9,13H,4-5,10-11H2,1-3H3,(H,18,19). The Labute approximate surface area is 115 Å². The first-order valence-corrected chi connectivity index (χ1v) is 7.02. The number of likely N-dealkylation sites (tertiary alicyclic amines) is 1. The molecule has 19 heavy (non-hydrogen) atoms. The van der Waals surface area contributed by atoms with Crippen LogP contribution in [0.1, 0.15) is 50.3 Å². The minimum absolute atomic E-state index is 0.141. The molecule has 1 heterocycles. The van der Waals surface area contributed by atoms with E-state index in [1.54, 1.807) is 0 Å². The van der Waals surface area contributed by atoms with Crippen molar-refractivity contribution in [2.45, 2.75) is 51.6 Å². The summed E-state index contributed by atoms with van der Waals surface area (Å²) < 4.78 is 0. The quantitative estimate of drug-likeness (QED) is 0.906. The lowest BCUT2D eigenvalue weighted by Gasteiger charge is -2.45. The van der Waals surface area contributed by atoms with Gasteiger partial charge in [-0.2, -0.15) is 0 Å². The van der Waals surface area contributed by atoms with Gasteiger partial charge in [0.05, 0.1) is 0 Å². The molecule has 0 amide bonds. The van der Waals surface area contributed by atoms with Crippen LogP contribution in [0.4, 0.5) is 0 Å². The van der Waals surface area contributed by atoms with Gasteiger partial charge in [0.15, 0.2) is 0 Å². The van der Waals surface area contributed by atoms with Crippen LogP contribution in [0.3, 0.4) is 0 Å². The topological polar surface area (TPSA) is 40.5 Å². The largest absolute Gasteiger partial charge is 0.480 e. The molecule has 0 saturated carbocycles. The van der Waals surface area contributed by atoms with Crippen molar-refractivity contribution in [1.82, 2.24) is 4.90 Å². The van der Waals surface area contributed by atoms with Crippen LogP contribution in [-0.4, -0.2) is 28.1 Å². The van der Waals surface area contributed by atoms with Gasteiger partial charge >= 0.3 is 5.97 Å². The summed E-state index contributed by atoms with van der Waals surface area (Å²) in [4.78, 5) is 13.8. The van der Waals surface area contributed by atoms with Gasteiger partial charge in [0.2, 0.25) is 0 Å². The number of nitrogens with zero attached hydrogens (tertiary/aromatic N) is 1. The fourth-order valence-corrected chi connectivity index (χ4v) is 3.02. The van der Waals surface area contributed by atoms with Crippen molar-refractivity contribution >= 4 is 5.97 Å². The summed E-state index contributed by atoms with van der Waals surface area (Å²) in [6.07, 6.45) is 2.82. The number of rotatable bonds is 3. The van der Waals surface area contributed by atoms with E-state index in [-0.39, 0.29) is 6.04 Å². The van der Waals surface area contributed by atoms with Crippen molar-refractivity contribution < 1.29 is 9.90 Å². The summed E-state index contributed by atoms with van der Waals surface area (Å²) in [7, 11) is 0. The molecule has 104 valence electrons. The number of benzene rings is 1. The van der Waals surface area contributed by atoms with Crippen molar-refractivity contribution in [3.8, 4) is 0 Å². The molecule has 1 saturated heterocycles. The van der Waals surface area contributed by atoms with E-state index in [1.165, 1.54) is 11.1 Å². The maximum Gasteiger partial charge on any atom is 0.323 e. The number of hydrogen-bond acceptors (Lipinski definition) is 2. The second-order valence-corrected chi connectivity index (χ2v) is 5.82. The lowest BCUT2D eigenvalue weighted by Crippen LogP contribution is -2.55. The summed E-state index contributed by atoms with van der Waals surface area (Å²) in [6, 6.07) is 8.54. The molecule has 1 N–H and O–H groups in total. The summed E-state index contributed by atoms with van der Waals surface area (Å²) in [5, 5.41) is 9.57. The van der Waals surface area contributed by atoms with E-state index in [0.29, 0.717) is 0 Å². The first-order valence-electron chi connectivity index (χ1n) is 7.02. The molecule has 1 fully saturated rings. The molecule has 1 aliphatic rings. The first-order chi connectivity index (χ1) is 8.95. The summed E-state index contributed by atoms with van der Waals surface area (Å²) >= 11 is 0. The first kappa shape index (κ1) is 14.1. The van der Waals surface area contributed by atoms with E-state index in [2.05, 4.69) is 43.0 Å². The van der Waals surface area contributed by atoms with Crippen LogP contribution in [-0.2, 0) is 4.79 Å². The van der Waals surface area contributed by atoms with E-state index in [0.717, 1.165) is 25.8 Å². The molecule has 2 unspecified atom stereocenters. The number of piperidine rings is 1. The number of carboxylic acids is 1. The van der Waals surface area contributed by atoms with Gasteiger partial charge in [0.1, 0.15) is 5.54 Å². The van der Waals surface area contributed by atoms with Crippen LogP contribution in [0.5, 0.6) is 0 Å². The Bertz CT molecular complexity index is 454. The van der Waals surface area contributed by atoms with Crippen LogP contribution in [0.2, 0.25) is 0 Å². The third-order valence-corrected chi connectivity index (χ3v) is 4.43. The predicted molar refractivity (Wildman–Crippen MR) is 76.2 cm³/mol. The Hall–Kier alpha value is -1.35.